The first kappa shape index (κ1) is 43.2. The number of fused-ring (bicyclic) bond motifs is 5. The number of hydrogen-bond donors (Lipinski definition) is 7. The number of hydrogen-bond acceptors (Lipinski definition) is 10. The number of benzene rings is 3. The van der Waals surface area contributed by atoms with Crippen LogP contribution in [0.3, 0.4) is 0 Å². The summed E-state index contributed by atoms with van der Waals surface area (Å²) in [5.41, 5.74) is 21.8. The quantitative estimate of drug-likeness (QED) is 0.124. The highest BCUT2D eigenvalue weighted by molar-refractivity contribution is 6.00. The van der Waals surface area contributed by atoms with Crippen LogP contribution in [0.25, 0.3) is 11.1 Å². The van der Waals surface area contributed by atoms with E-state index in [1.54, 1.807) is 36.4 Å². The van der Waals surface area contributed by atoms with Crippen LogP contribution in [0.5, 0.6) is 11.5 Å². The number of nitrogens with two attached hydrogens (primary N) is 3. The molecule has 0 radical (unpaired) electrons. The average molecular weight is 773 g/mol. The standard InChI is InChI=1S/C41H56N8O7/c1-23(2)45-39(52)33-21-27-8-11-34(55-17-15-43)30(20-27)31-22-28(9-12-35(31)56-18-16-44)36(40(53)46-26(5)37(50)48-33)49(6)41(54)32(13-14-42)47-38(51)29-10-7-24(3)19-25(29)4/h7-12,19-20,22-23,26,32-33,36H,13-18,21,42-44H2,1-6H3,(H,45,52)(H,46,53)(H,47,51)(H,48,50)/t26-,32-,33-,36-/m0/s1. The summed E-state index contributed by atoms with van der Waals surface area (Å²) in [5.74, 6) is -1.88. The van der Waals surface area contributed by atoms with Crippen LogP contribution in [0.2, 0.25) is 0 Å². The summed E-state index contributed by atoms with van der Waals surface area (Å²) in [6.45, 7) is 9.74. The Morgan fingerprint density at radius 2 is 1.48 bits per heavy atom. The Hall–Kier alpha value is -5.51. The van der Waals surface area contributed by atoms with Gasteiger partial charge in [0.15, 0.2) is 0 Å². The van der Waals surface area contributed by atoms with Crippen LogP contribution in [0.4, 0.5) is 0 Å². The van der Waals surface area contributed by atoms with Crippen LogP contribution < -0.4 is 47.9 Å². The fourth-order valence-electron chi connectivity index (χ4n) is 6.57. The lowest BCUT2D eigenvalue weighted by atomic mass is 9.93. The van der Waals surface area contributed by atoms with Gasteiger partial charge in [-0.3, -0.25) is 24.0 Å². The zero-order valence-electron chi connectivity index (χ0n) is 33.1. The third kappa shape index (κ3) is 10.8. The maximum atomic E-state index is 14.4. The summed E-state index contributed by atoms with van der Waals surface area (Å²) in [5, 5.41) is 11.2. The van der Waals surface area contributed by atoms with Crippen molar-refractivity contribution in [3.05, 3.63) is 82.4 Å². The van der Waals surface area contributed by atoms with Gasteiger partial charge in [-0.05, 0) is 94.6 Å². The molecule has 0 spiro atoms. The van der Waals surface area contributed by atoms with Crippen molar-refractivity contribution in [1.82, 2.24) is 26.2 Å². The highest BCUT2D eigenvalue weighted by Crippen LogP contribution is 2.40. The predicted molar refractivity (Wildman–Crippen MR) is 214 cm³/mol. The molecule has 1 heterocycles. The molecule has 15 nitrogen and oxygen atoms in total. The zero-order chi connectivity index (χ0) is 41.1. The molecule has 0 aromatic heterocycles. The van der Waals surface area contributed by atoms with E-state index in [1.165, 1.54) is 18.9 Å². The van der Waals surface area contributed by atoms with Crippen LogP contribution in [0.15, 0.2) is 54.6 Å². The number of carbonyl (C=O) groups is 5. The van der Waals surface area contributed by atoms with Gasteiger partial charge in [0, 0.05) is 49.3 Å². The molecule has 3 aromatic carbocycles. The van der Waals surface area contributed by atoms with Crippen molar-refractivity contribution in [2.45, 2.75) is 77.7 Å². The highest BCUT2D eigenvalue weighted by Gasteiger charge is 2.36. The topological polar surface area (TPSA) is 233 Å². The largest absolute Gasteiger partial charge is 0.492 e. The van der Waals surface area contributed by atoms with Gasteiger partial charge in [0.1, 0.15) is 48.9 Å². The number of likely N-dealkylation sites (N-methyl/N-ethyl adjacent to an activating group) is 1. The molecule has 0 saturated heterocycles. The molecule has 0 saturated carbocycles. The number of nitrogens with zero attached hydrogens (tertiary/aromatic N) is 1. The average Bonchev–Trinajstić information content (AvgIpc) is 3.15. The molecule has 15 heteroatoms. The molecule has 1 aliphatic rings. The first-order chi connectivity index (χ1) is 26.7. The summed E-state index contributed by atoms with van der Waals surface area (Å²) in [6, 6.07) is 11.1. The van der Waals surface area contributed by atoms with E-state index in [0.717, 1.165) is 11.1 Å². The highest BCUT2D eigenvalue weighted by atomic mass is 16.5. The van der Waals surface area contributed by atoms with E-state index in [9.17, 15) is 24.0 Å². The second-order valence-corrected chi connectivity index (χ2v) is 14.3. The van der Waals surface area contributed by atoms with Crippen molar-refractivity contribution < 1.29 is 33.4 Å². The SMILES string of the molecule is Cc1ccc(C(=O)N[C@@H](CCN)C(=O)N(C)[C@@H]2C(=O)N[C@@H](C)C(=O)N[C@H](C(=O)NC(C)C)Cc3ccc(OCCN)c(c3)-c3cc2ccc3OCCN)c(C)c1. The van der Waals surface area contributed by atoms with E-state index < -0.39 is 53.7 Å². The number of aryl methyl sites for hydroxylation is 2. The van der Waals surface area contributed by atoms with Crippen LogP contribution in [-0.4, -0.2) is 98.5 Å². The Morgan fingerprint density at radius 1 is 0.839 bits per heavy atom. The van der Waals surface area contributed by atoms with E-state index in [2.05, 4.69) is 21.3 Å². The maximum Gasteiger partial charge on any atom is 0.252 e. The Balaban J connectivity index is 1.89. The molecule has 302 valence electrons. The van der Waals surface area contributed by atoms with E-state index in [0.29, 0.717) is 39.3 Å². The van der Waals surface area contributed by atoms with Crippen molar-refractivity contribution >= 4 is 29.5 Å². The molecule has 56 heavy (non-hydrogen) atoms. The lowest BCUT2D eigenvalue weighted by Gasteiger charge is -2.32. The van der Waals surface area contributed by atoms with Crippen LogP contribution in [-0.2, 0) is 25.6 Å². The number of carbonyl (C=O) groups excluding carboxylic acids is 5. The second-order valence-electron chi connectivity index (χ2n) is 14.3. The number of amides is 5. The minimum absolute atomic E-state index is 0.0657. The molecule has 4 atom stereocenters. The summed E-state index contributed by atoms with van der Waals surface area (Å²) in [7, 11) is 1.45. The maximum absolute atomic E-state index is 14.4. The summed E-state index contributed by atoms with van der Waals surface area (Å²) in [4.78, 5) is 70.7. The van der Waals surface area contributed by atoms with Crippen LogP contribution in [0, 0.1) is 13.8 Å². The monoisotopic (exact) mass is 772 g/mol. The fraction of sp³-hybridized carbons (Fsp3) is 0.439. The molecule has 0 unspecified atom stereocenters. The lowest BCUT2D eigenvalue weighted by Crippen LogP contribution is -2.56. The molecule has 1 aliphatic heterocycles. The molecular weight excluding hydrogens is 716 g/mol. The van der Waals surface area contributed by atoms with Crippen LogP contribution in [0.1, 0.15) is 65.8 Å². The van der Waals surface area contributed by atoms with Gasteiger partial charge in [0.05, 0.1) is 0 Å². The van der Waals surface area contributed by atoms with Gasteiger partial charge < -0.3 is 52.8 Å². The minimum Gasteiger partial charge on any atom is -0.492 e. The molecule has 4 bridgehead atoms. The van der Waals surface area contributed by atoms with Gasteiger partial charge in [0.2, 0.25) is 23.6 Å². The molecule has 0 fully saturated rings. The summed E-state index contributed by atoms with van der Waals surface area (Å²) in [6.07, 6.45) is 0.197. The Kier molecular flexibility index (Phi) is 15.4. The van der Waals surface area contributed by atoms with Crippen molar-refractivity contribution in [3.8, 4) is 22.6 Å². The van der Waals surface area contributed by atoms with Crippen molar-refractivity contribution in [1.29, 1.82) is 0 Å². The van der Waals surface area contributed by atoms with Crippen molar-refractivity contribution in [3.63, 3.8) is 0 Å². The predicted octanol–water partition coefficient (Wildman–Crippen LogP) is 1.36. The van der Waals surface area contributed by atoms with E-state index >= 15 is 0 Å². The normalized spacial score (nSPS) is 17.5. The third-order valence-electron chi connectivity index (χ3n) is 9.33. The zero-order valence-corrected chi connectivity index (χ0v) is 33.1. The summed E-state index contributed by atoms with van der Waals surface area (Å²) >= 11 is 0. The number of nitrogens with one attached hydrogen (secondary N) is 4. The number of ether oxygens (including phenoxy) is 2. The van der Waals surface area contributed by atoms with Crippen molar-refractivity contribution in [2.24, 2.45) is 17.2 Å². The fourth-order valence-corrected chi connectivity index (χ4v) is 6.57. The Morgan fingerprint density at radius 3 is 2.09 bits per heavy atom. The van der Waals surface area contributed by atoms with E-state index in [-0.39, 0.29) is 51.7 Å². The molecule has 3 aromatic rings. The van der Waals surface area contributed by atoms with E-state index in [1.807, 2.05) is 45.9 Å². The van der Waals surface area contributed by atoms with Gasteiger partial charge in [0.25, 0.3) is 5.91 Å². The van der Waals surface area contributed by atoms with Gasteiger partial charge >= 0.3 is 0 Å². The lowest BCUT2D eigenvalue weighted by molar-refractivity contribution is -0.141. The molecular formula is C41H56N8O7. The molecule has 4 rings (SSSR count). The first-order valence-electron chi connectivity index (χ1n) is 18.9. The van der Waals surface area contributed by atoms with Crippen molar-refractivity contribution in [2.75, 3.05) is 39.9 Å². The molecule has 5 amide bonds. The van der Waals surface area contributed by atoms with Gasteiger partial charge in [-0.1, -0.05) is 29.8 Å². The Bertz CT molecular complexity index is 1900. The molecule has 10 N–H and O–H groups in total. The second kappa shape index (κ2) is 19.9. The smallest absolute Gasteiger partial charge is 0.252 e. The number of rotatable bonds is 14. The Labute approximate surface area is 328 Å². The summed E-state index contributed by atoms with van der Waals surface area (Å²) < 4.78 is 12.2. The van der Waals surface area contributed by atoms with Gasteiger partial charge in [-0.15, -0.1) is 0 Å². The first-order valence-corrected chi connectivity index (χ1v) is 18.9. The van der Waals surface area contributed by atoms with Crippen LogP contribution >= 0.6 is 0 Å². The van der Waals surface area contributed by atoms with Gasteiger partial charge in [-0.2, -0.15) is 0 Å². The minimum atomic E-state index is -1.32. The van der Waals surface area contributed by atoms with Gasteiger partial charge in [-0.25, -0.2) is 0 Å². The third-order valence-corrected chi connectivity index (χ3v) is 9.33. The molecule has 0 aliphatic carbocycles. The van der Waals surface area contributed by atoms with E-state index in [4.69, 9.17) is 26.7 Å².